The number of ether oxygens (including phenoxy) is 4. The summed E-state index contributed by atoms with van der Waals surface area (Å²) >= 11 is 0. The molecule has 6 nitrogen and oxygen atoms in total. The van der Waals surface area contributed by atoms with Gasteiger partial charge in [0.1, 0.15) is 18.3 Å². The second-order valence-electron chi connectivity index (χ2n) is 3.68. The van der Waals surface area contributed by atoms with Crippen molar-refractivity contribution in [3.63, 3.8) is 0 Å². The summed E-state index contributed by atoms with van der Waals surface area (Å²) in [6.45, 7) is -0.130. The van der Waals surface area contributed by atoms with Crippen molar-refractivity contribution in [2.45, 2.75) is 38.1 Å². The van der Waals surface area contributed by atoms with Gasteiger partial charge in [0.25, 0.3) is 0 Å². The molecule has 0 aliphatic carbocycles. The molecule has 1 aliphatic heterocycles. The fourth-order valence-corrected chi connectivity index (χ4v) is 2.12. The highest BCUT2D eigenvalue weighted by molar-refractivity contribution is 4.94. The summed E-state index contributed by atoms with van der Waals surface area (Å²) in [4.78, 5) is 0. The van der Waals surface area contributed by atoms with Gasteiger partial charge in [-0.1, -0.05) is 7.43 Å². The van der Waals surface area contributed by atoms with Gasteiger partial charge in [-0.15, -0.1) is 0 Å². The molecule has 6 heteroatoms. The summed E-state index contributed by atoms with van der Waals surface area (Å²) < 4.78 is 21.5. The van der Waals surface area contributed by atoms with Crippen molar-refractivity contribution in [2.24, 2.45) is 0 Å². The highest BCUT2D eigenvalue weighted by atomic mass is 16.7. The van der Waals surface area contributed by atoms with E-state index in [1.807, 2.05) is 0 Å². The highest BCUT2D eigenvalue weighted by Crippen LogP contribution is 2.25. The van der Waals surface area contributed by atoms with E-state index in [0.29, 0.717) is 0 Å². The molecule has 2 unspecified atom stereocenters. The number of hydrogen-bond acceptors (Lipinski definition) is 6. The molecule has 1 aliphatic rings. The van der Waals surface area contributed by atoms with Gasteiger partial charge in [0, 0.05) is 21.3 Å². The Hall–Kier alpha value is -0.240. The Morgan fingerprint density at radius 1 is 1.12 bits per heavy atom. The minimum Gasteiger partial charge on any atom is -0.394 e. The molecule has 0 spiro atoms. The van der Waals surface area contributed by atoms with E-state index in [2.05, 4.69) is 5.32 Å². The molecule has 5 atom stereocenters. The van der Waals surface area contributed by atoms with Crippen molar-refractivity contribution in [3.8, 4) is 0 Å². The molecule has 1 saturated heterocycles. The summed E-state index contributed by atoms with van der Waals surface area (Å²) in [6.07, 6.45) is -1.45. The molecular formula is C11H25NO5. The number of rotatable bonds is 5. The lowest BCUT2D eigenvalue weighted by Gasteiger charge is -2.44. The third-order valence-corrected chi connectivity index (χ3v) is 2.94. The average molecular weight is 251 g/mol. The predicted octanol–water partition coefficient (Wildman–Crippen LogP) is -0.396. The van der Waals surface area contributed by atoms with Crippen LogP contribution in [0.1, 0.15) is 7.43 Å². The lowest BCUT2D eigenvalue weighted by Crippen LogP contribution is -2.64. The first-order valence-electron chi connectivity index (χ1n) is 5.25. The van der Waals surface area contributed by atoms with Gasteiger partial charge < -0.3 is 29.4 Å². The van der Waals surface area contributed by atoms with E-state index in [0.717, 1.165) is 0 Å². The Morgan fingerprint density at radius 3 is 2.06 bits per heavy atom. The Labute approximate surface area is 103 Å². The normalized spacial score (nSPS) is 37.6. The van der Waals surface area contributed by atoms with Gasteiger partial charge in [0.15, 0.2) is 6.29 Å². The first-order chi connectivity index (χ1) is 7.73. The molecule has 0 aromatic heterocycles. The van der Waals surface area contributed by atoms with Crippen molar-refractivity contribution in [3.05, 3.63) is 0 Å². The van der Waals surface area contributed by atoms with E-state index < -0.39 is 12.4 Å². The van der Waals surface area contributed by atoms with Crippen molar-refractivity contribution in [2.75, 3.05) is 35.0 Å². The van der Waals surface area contributed by atoms with Crippen LogP contribution in [0.4, 0.5) is 0 Å². The van der Waals surface area contributed by atoms with Gasteiger partial charge in [-0.2, -0.15) is 0 Å². The topological polar surface area (TPSA) is 69.2 Å². The molecule has 1 heterocycles. The maximum absolute atomic E-state index is 9.24. The standard InChI is InChI=1S/C10H21NO5.CH4/c1-11-7-9(14-3)8(13-2)6(5-12)16-10(7)15-4;/h6-12H,5H2,1-4H3;1H4/t6?,7?,8-,9-,10-;/m1./s1. The zero-order valence-electron chi connectivity index (χ0n) is 10.2. The van der Waals surface area contributed by atoms with Crippen LogP contribution >= 0.6 is 0 Å². The van der Waals surface area contributed by atoms with Gasteiger partial charge in [-0.05, 0) is 7.05 Å². The van der Waals surface area contributed by atoms with Crippen molar-refractivity contribution in [1.29, 1.82) is 0 Å². The molecular weight excluding hydrogens is 226 g/mol. The number of likely N-dealkylation sites (N-methyl/N-ethyl adjacent to an activating group) is 1. The highest BCUT2D eigenvalue weighted by Gasteiger charge is 2.45. The molecule has 1 rings (SSSR count). The lowest BCUT2D eigenvalue weighted by atomic mass is 9.96. The van der Waals surface area contributed by atoms with Crippen molar-refractivity contribution < 1.29 is 24.1 Å². The summed E-state index contributed by atoms with van der Waals surface area (Å²) in [7, 11) is 6.54. The summed E-state index contributed by atoms with van der Waals surface area (Å²) in [5.74, 6) is 0. The quantitative estimate of drug-likeness (QED) is 0.693. The van der Waals surface area contributed by atoms with Gasteiger partial charge in [0.05, 0.1) is 12.6 Å². The molecule has 0 amide bonds. The first kappa shape index (κ1) is 16.8. The van der Waals surface area contributed by atoms with E-state index in [1.54, 1.807) is 28.4 Å². The summed E-state index contributed by atoms with van der Waals surface area (Å²) in [5, 5.41) is 12.3. The second-order valence-corrected chi connectivity index (χ2v) is 3.68. The van der Waals surface area contributed by atoms with Crippen molar-refractivity contribution >= 4 is 0 Å². The maximum Gasteiger partial charge on any atom is 0.175 e. The fraction of sp³-hybridized carbons (Fsp3) is 1.00. The largest absolute Gasteiger partial charge is 0.394 e. The summed E-state index contributed by atoms with van der Waals surface area (Å²) in [6, 6.07) is -0.136. The third kappa shape index (κ3) is 3.37. The minimum atomic E-state index is -0.460. The smallest absolute Gasteiger partial charge is 0.175 e. The molecule has 0 aromatic carbocycles. The van der Waals surface area contributed by atoms with Crippen LogP contribution in [0.5, 0.6) is 0 Å². The molecule has 0 radical (unpaired) electrons. The van der Waals surface area contributed by atoms with Crippen LogP contribution in [-0.4, -0.2) is 70.7 Å². The Kier molecular flexibility index (Phi) is 7.85. The van der Waals surface area contributed by atoms with E-state index in [-0.39, 0.29) is 32.3 Å². The average Bonchev–Trinajstić information content (AvgIpc) is 2.35. The Bertz CT molecular complexity index is 186. The van der Waals surface area contributed by atoms with Crippen LogP contribution in [-0.2, 0) is 18.9 Å². The Morgan fingerprint density at radius 2 is 1.71 bits per heavy atom. The van der Waals surface area contributed by atoms with Crippen molar-refractivity contribution in [1.82, 2.24) is 5.32 Å². The number of aliphatic hydroxyl groups is 1. The first-order valence-corrected chi connectivity index (χ1v) is 5.25. The predicted molar refractivity (Wildman–Crippen MR) is 63.9 cm³/mol. The molecule has 0 aromatic rings. The van der Waals surface area contributed by atoms with Gasteiger partial charge in [-0.3, -0.25) is 0 Å². The van der Waals surface area contributed by atoms with Gasteiger partial charge in [-0.25, -0.2) is 0 Å². The molecule has 2 N–H and O–H groups in total. The lowest BCUT2D eigenvalue weighted by molar-refractivity contribution is -0.271. The van der Waals surface area contributed by atoms with E-state index in [9.17, 15) is 5.11 Å². The third-order valence-electron chi connectivity index (χ3n) is 2.94. The summed E-state index contributed by atoms with van der Waals surface area (Å²) in [5.41, 5.74) is 0. The van der Waals surface area contributed by atoms with Crippen LogP contribution in [0.15, 0.2) is 0 Å². The maximum atomic E-state index is 9.24. The minimum absolute atomic E-state index is 0. The Balaban J connectivity index is 0.00000256. The number of aliphatic hydroxyl groups excluding tert-OH is 1. The zero-order valence-corrected chi connectivity index (χ0v) is 10.2. The van der Waals surface area contributed by atoms with Crippen LogP contribution < -0.4 is 5.32 Å². The van der Waals surface area contributed by atoms with Gasteiger partial charge >= 0.3 is 0 Å². The number of methoxy groups -OCH3 is 3. The van der Waals surface area contributed by atoms with E-state index in [4.69, 9.17) is 18.9 Å². The number of hydrogen-bond donors (Lipinski definition) is 2. The van der Waals surface area contributed by atoms with Gasteiger partial charge in [0.2, 0.25) is 0 Å². The zero-order chi connectivity index (χ0) is 12.1. The van der Waals surface area contributed by atoms with E-state index in [1.165, 1.54) is 0 Å². The van der Waals surface area contributed by atoms with Crippen LogP contribution in [0.3, 0.4) is 0 Å². The molecule has 1 fully saturated rings. The van der Waals surface area contributed by atoms with Crippen LogP contribution in [0.2, 0.25) is 0 Å². The monoisotopic (exact) mass is 251 g/mol. The second kappa shape index (κ2) is 7.97. The SMILES string of the molecule is C.CNC1[C@H](OC)OC(CO)[C@@H](OC)[C@@H]1OC. The molecule has 17 heavy (non-hydrogen) atoms. The number of nitrogens with one attached hydrogen (secondary N) is 1. The fourth-order valence-electron chi connectivity index (χ4n) is 2.12. The van der Waals surface area contributed by atoms with Crippen LogP contribution in [0.25, 0.3) is 0 Å². The van der Waals surface area contributed by atoms with E-state index >= 15 is 0 Å². The molecule has 0 saturated carbocycles. The molecule has 104 valence electrons. The molecule has 0 bridgehead atoms. The van der Waals surface area contributed by atoms with Crippen LogP contribution in [0, 0.1) is 0 Å².